The molecule has 0 aliphatic carbocycles. The first-order chi connectivity index (χ1) is 9.29. The number of alkyl halides is 1. The van der Waals surface area contributed by atoms with Crippen LogP contribution in [0, 0.1) is 0 Å². The second-order valence-electron chi connectivity index (χ2n) is 5.44. The van der Waals surface area contributed by atoms with Gasteiger partial charge in [0.05, 0.1) is 6.10 Å². The van der Waals surface area contributed by atoms with Gasteiger partial charge in [-0.25, -0.2) is 0 Å². The number of carbonyl (C=O) groups is 1. The molecule has 0 spiro atoms. The zero-order valence-electron chi connectivity index (χ0n) is 11.7. The molecule has 0 aromatic carbocycles. The molecule has 2 aliphatic heterocycles. The summed E-state index contributed by atoms with van der Waals surface area (Å²) >= 11 is 3.46. The van der Waals surface area contributed by atoms with Crippen LogP contribution in [0.2, 0.25) is 0 Å². The summed E-state index contributed by atoms with van der Waals surface area (Å²) in [4.78, 5) is 16.6. The number of hydrogen-bond acceptors (Lipinski definition) is 3. The second kappa shape index (κ2) is 8.22. The molecule has 4 nitrogen and oxygen atoms in total. The van der Waals surface area contributed by atoms with Crippen LogP contribution >= 0.6 is 15.9 Å². The standard InChI is InChI=1S/C14H25BrN2O2/c15-6-7-16-8-10-17(11-9-16)14(18)5-4-13-3-1-2-12-19-13/h13H,1-12H2. The predicted octanol–water partition coefficient (Wildman–Crippen LogP) is 1.87. The monoisotopic (exact) mass is 332 g/mol. The molecule has 0 saturated carbocycles. The Morgan fingerprint density at radius 3 is 2.63 bits per heavy atom. The van der Waals surface area contributed by atoms with Crippen LogP contribution < -0.4 is 0 Å². The van der Waals surface area contributed by atoms with Crippen LogP contribution in [0.25, 0.3) is 0 Å². The van der Waals surface area contributed by atoms with Crippen LogP contribution in [0.1, 0.15) is 32.1 Å². The summed E-state index contributed by atoms with van der Waals surface area (Å²) in [6.07, 6.45) is 5.45. The fraction of sp³-hybridized carbons (Fsp3) is 0.929. The van der Waals surface area contributed by atoms with E-state index in [0.717, 1.165) is 57.5 Å². The van der Waals surface area contributed by atoms with E-state index in [1.807, 2.05) is 4.90 Å². The van der Waals surface area contributed by atoms with E-state index < -0.39 is 0 Å². The topological polar surface area (TPSA) is 32.8 Å². The maximum atomic E-state index is 12.1. The van der Waals surface area contributed by atoms with Crippen molar-refractivity contribution in [3.8, 4) is 0 Å². The summed E-state index contributed by atoms with van der Waals surface area (Å²) in [7, 11) is 0. The SMILES string of the molecule is O=C(CCC1CCCCO1)N1CCN(CCBr)CC1. The number of rotatable bonds is 5. The van der Waals surface area contributed by atoms with Crippen LogP contribution in [-0.2, 0) is 9.53 Å². The highest BCUT2D eigenvalue weighted by molar-refractivity contribution is 9.09. The van der Waals surface area contributed by atoms with Gasteiger partial charge in [0.25, 0.3) is 0 Å². The van der Waals surface area contributed by atoms with Crippen LogP contribution in [0.15, 0.2) is 0 Å². The van der Waals surface area contributed by atoms with Crippen molar-refractivity contribution < 1.29 is 9.53 Å². The van der Waals surface area contributed by atoms with Gasteiger partial charge in [0.15, 0.2) is 0 Å². The van der Waals surface area contributed by atoms with Gasteiger partial charge in [0.1, 0.15) is 0 Å². The quantitative estimate of drug-likeness (QED) is 0.720. The van der Waals surface area contributed by atoms with E-state index in [2.05, 4.69) is 20.8 Å². The van der Waals surface area contributed by atoms with Gasteiger partial charge in [-0.2, -0.15) is 0 Å². The molecule has 5 heteroatoms. The Bertz CT molecular complexity index is 275. The smallest absolute Gasteiger partial charge is 0.222 e. The number of nitrogens with zero attached hydrogens (tertiary/aromatic N) is 2. The van der Waals surface area contributed by atoms with Crippen molar-refractivity contribution >= 4 is 21.8 Å². The van der Waals surface area contributed by atoms with E-state index in [-0.39, 0.29) is 0 Å². The molecule has 0 N–H and O–H groups in total. The van der Waals surface area contributed by atoms with Crippen LogP contribution in [-0.4, -0.2) is 66.5 Å². The number of ether oxygens (including phenoxy) is 1. The van der Waals surface area contributed by atoms with E-state index in [9.17, 15) is 4.79 Å². The van der Waals surface area contributed by atoms with Crippen molar-refractivity contribution in [3.05, 3.63) is 0 Å². The lowest BCUT2D eigenvalue weighted by Gasteiger charge is -2.34. The molecule has 2 rings (SSSR count). The summed E-state index contributed by atoms with van der Waals surface area (Å²) in [6.45, 7) is 5.76. The first-order valence-electron chi connectivity index (χ1n) is 7.47. The van der Waals surface area contributed by atoms with Crippen molar-refractivity contribution in [2.24, 2.45) is 0 Å². The van der Waals surface area contributed by atoms with Crippen molar-refractivity contribution in [1.29, 1.82) is 0 Å². The molecule has 0 aromatic heterocycles. The van der Waals surface area contributed by atoms with Crippen molar-refractivity contribution in [1.82, 2.24) is 9.80 Å². The lowest BCUT2D eigenvalue weighted by molar-refractivity contribution is -0.133. The molecular formula is C14H25BrN2O2. The molecule has 2 saturated heterocycles. The van der Waals surface area contributed by atoms with E-state index in [1.54, 1.807) is 0 Å². The number of amides is 1. The third-order valence-electron chi connectivity index (χ3n) is 4.08. The summed E-state index contributed by atoms with van der Waals surface area (Å²) in [6, 6.07) is 0. The van der Waals surface area contributed by atoms with Crippen molar-refractivity contribution in [3.63, 3.8) is 0 Å². The molecule has 0 bridgehead atoms. The Morgan fingerprint density at radius 2 is 2.00 bits per heavy atom. The fourth-order valence-electron chi connectivity index (χ4n) is 2.82. The Labute approximate surface area is 124 Å². The molecule has 2 fully saturated rings. The van der Waals surface area contributed by atoms with E-state index in [0.29, 0.717) is 18.4 Å². The highest BCUT2D eigenvalue weighted by Gasteiger charge is 2.22. The molecule has 1 atom stereocenters. The number of piperazine rings is 1. The minimum Gasteiger partial charge on any atom is -0.378 e. The van der Waals surface area contributed by atoms with Crippen LogP contribution in [0.4, 0.5) is 0 Å². The average molecular weight is 333 g/mol. The van der Waals surface area contributed by atoms with Gasteiger partial charge in [0.2, 0.25) is 5.91 Å². The number of hydrogen-bond donors (Lipinski definition) is 0. The van der Waals surface area contributed by atoms with Gasteiger partial charge >= 0.3 is 0 Å². The third kappa shape index (κ3) is 5.04. The molecular weight excluding hydrogens is 308 g/mol. The normalized spacial score (nSPS) is 25.5. The molecule has 2 heterocycles. The molecule has 19 heavy (non-hydrogen) atoms. The number of carbonyl (C=O) groups excluding carboxylic acids is 1. The summed E-state index contributed by atoms with van der Waals surface area (Å²) in [5.41, 5.74) is 0. The van der Waals surface area contributed by atoms with Gasteiger partial charge in [0, 0.05) is 51.1 Å². The zero-order chi connectivity index (χ0) is 13.5. The highest BCUT2D eigenvalue weighted by Crippen LogP contribution is 2.17. The van der Waals surface area contributed by atoms with E-state index in [1.165, 1.54) is 12.8 Å². The summed E-state index contributed by atoms with van der Waals surface area (Å²) in [5, 5.41) is 1.01. The first kappa shape index (κ1) is 15.3. The molecule has 110 valence electrons. The second-order valence-corrected chi connectivity index (χ2v) is 6.23. The van der Waals surface area contributed by atoms with Gasteiger partial charge < -0.3 is 9.64 Å². The third-order valence-corrected chi connectivity index (χ3v) is 4.43. The van der Waals surface area contributed by atoms with Crippen molar-refractivity contribution in [2.45, 2.75) is 38.2 Å². The maximum absolute atomic E-state index is 12.1. The number of halogens is 1. The fourth-order valence-corrected chi connectivity index (χ4v) is 3.32. The Hall–Kier alpha value is -0.130. The first-order valence-corrected chi connectivity index (χ1v) is 8.59. The Kier molecular flexibility index (Phi) is 6.61. The molecule has 1 unspecified atom stereocenters. The van der Waals surface area contributed by atoms with Gasteiger partial charge in [-0.05, 0) is 25.7 Å². The Morgan fingerprint density at radius 1 is 1.21 bits per heavy atom. The summed E-state index contributed by atoms with van der Waals surface area (Å²) in [5.74, 6) is 0.313. The largest absolute Gasteiger partial charge is 0.378 e. The predicted molar refractivity (Wildman–Crippen MR) is 79.6 cm³/mol. The molecule has 1 amide bonds. The van der Waals surface area contributed by atoms with Gasteiger partial charge in [-0.1, -0.05) is 15.9 Å². The lowest BCUT2D eigenvalue weighted by Crippen LogP contribution is -2.49. The molecule has 0 aromatic rings. The lowest BCUT2D eigenvalue weighted by atomic mass is 10.0. The minimum absolute atomic E-state index is 0.313. The maximum Gasteiger partial charge on any atom is 0.222 e. The average Bonchev–Trinajstić information content (AvgIpc) is 2.47. The summed E-state index contributed by atoms with van der Waals surface area (Å²) < 4.78 is 5.68. The van der Waals surface area contributed by atoms with Crippen LogP contribution in [0.3, 0.4) is 0 Å². The van der Waals surface area contributed by atoms with Crippen LogP contribution in [0.5, 0.6) is 0 Å². The zero-order valence-corrected chi connectivity index (χ0v) is 13.2. The molecule has 2 aliphatic rings. The molecule has 0 radical (unpaired) electrons. The van der Waals surface area contributed by atoms with E-state index in [4.69, 9.17) is 4.74 Å². The van der Waals surface area contributed by atoms with Crippen molar-refractivity contribution in [2.75, 3.05) is 44.7 Å². The van der Waals surface area contributed by atoms with E-state index >= 15 is 0 Å². The van der Waals surface area contributed by atoms with Gasteiger partial charge in [-0.3, -0.25) is 9.69 Å². The highest BCUT2D eigenvalue weighted by atomic mass is 79.9. The Balaban J connectivity index is 1.63. The van der Waals surface area contributed by atoms with Gasteiger partial charge in [-0.15, -0.1) is 0 Å². The minimum atomic E-state index is 0.313.